The van der Waals surface area contributed by atoms with Gasteiger partial charge in [0.2, 0.25) is 5.13 Å². The van der Waals surface area contributed by atoms with E-state index in [-0.39, 0.29) is 5.91 Å². The molecular weight excluding hydrogens is 381 g/mol. The summed E-state index contributed by atoms with van der Waals surface area (Å²) in [6.07, 6.45) is -0.707. The summed E-state index contributed by atoms with van der Waals surface area (Å²) < 4.78 is 5.58. The van der Waals surface area contributed by atoms with E-state index in [4.69, 9.17) is 27.9 Å². The Morgan fingerprint density at radius 2 is 1.88 bits per heavy atom. The summed E-state index contributed by atoms with van der Waals surface area (Å²) in [5.41, 5.74) is 0.880. The maximum absolute atomic E-state index is 12.2. The minimum absolute atomic E-state index is 0.321. The Bertz CT molecular complexity index is 884. The van der Waals surface area contributed by atoms with E-state index in [0.717, 1.165) is 5.56 Å². The van der Waals surface area contributed by atoms with Gasteiger partial charge in [0.05, 0.1) is 0 Å². The zero-order valence-electron chi connectivity index (χ0n) is 13.1. The molecule has 0 aliphatic rings. The fraction of sp³-hybridized carbons (Fsp3) is 0.118. The van der Waals surface area contributed by atoms with Gasteiger partial charge in [0.1, 0.15) is 10.8 Å². The summed E-state index contributed by atoms with van der Waals surface area (Å²) in [6.45, 7) is 1.65. The second kappa shape index (κ2) is 7.82. The van der Waals surface area contributed by atoms with E-state index in [9.17, 15) is 4.79 Å². The van der Waals surface area contributed by atoms with E-state index in [1.807, 2.05) is 12.1 Å². The highest BCUT2D eigenvalue weighted by Gasteiger charge is 2.17. The smallest absolute Gasteiger partial charge is 0.266 e. The number of hydrogen-bond acceptors (Lipinski definition) is 5. The van der Waals surface area contributed by atoms with Crippen molar-refractivity contribution in [2.75, 3.05) is 5.32 Å². The van der Waals surface area contributed by atoms with Crippen LogP contribution in [0.4, 0.5) is 5.13 Å². The van der Waals surface area contributed by atoms with Crippen LogP contribution < -0.4 is 10.1 Å². The molecule has 25 heavy (non-hydrogen) atoms. The fourth-order valence-electron chi connectivity index (χ4n) is 1.99. The zero-order chi connectivity index (χ0) is 17.8. The van der Waals surface area contributed by atoms with Crippen LogP contribution in [0.15, 0.2) is 48.5 Å². The quantitative estimate of drug-likeness (QED) is 0.667. The molecule has 1 amide bonds. The topological polar surface area (TPSA) is 64.1 Å². The summed E-state index contributed by atoms with van der Waals surface area (Å²) in [5, 5.41) is 13.0. The van der Waals surface area contributed by atoms with Gasteiger partial charge >= 0.3 is 0 Å². The minimum atomic E-state index is -0.707. The highest BCUT2D eigenvalue weighted by atomic mass is 35.5. The van der Waals surface area contributed by atoms with Crippen molar-refractivity contribution < 1.29 is 9.53 Å². The molecule has 0 saturated heterocycles. The molecule has 0 bridgehead atoms. The molecule has 0 saturated carbocycles. The fourth-order valence-corrected chi connectivity index (χ4v) is 3.05. The van der Waals surface area contributed by atoms with Crippen molar-refractivity contribution >= 4 is 45.6 Å². The maximum atomic E-state index is 12.2. The van der Waals surface area contributed by atoms with Crippen LogP contribution in [-0.2, 0) is 4.79 Å². The van der Waals surface area contributed by atoms with Crippen LogP contribution in [0.1, 0.15) is 6.92 Å². The number of hydrogen-bond donors (Lipinski definition) is 1. The van der Waals surface area contributed by atoms with Crippen molar-refractivity contribution in [1.29, 1.82) is 0 Å². The number of carbonyl (C=O) groups excluding carboxylic acids is 1. The summed E-state index contributed by atoms with van der Waals surface area (Å²) in [6, 6.07) is 14.1. The number of ether oxygens (including phenoxy) is 1. The van der Waals surface area contributed by atoms with E-state index >= 15 is 0 Å². The number of benzene rings is 2. The first-order chi connectivity index (χ1) is 12.0. The number of nitrogens with zero attached hydrogens (tertiary/aromatic N) is 2. The molecule has 5 nitrogen and oxygen atoms in total. The molecule has 1 aromatic heterocycles. The number of carbonyl (C=O) groups is 1. The van der Waals surface area contributed by atoms with Crippen molar-refractivity contribution in [1.82, 2.24) is 10.2 Å². The second-order valence-electron chi connectivity index (χ2n) is 5.13. The first-order valence-electron chi connectivity index (χ1n) is 7.34. The monoisotopic (exact) mass is 393 g/mol. The maximum Gasteiger partial charge on any atom is 0.266 e. The lowest BCUT2D eigenvalue weighted by Crippen LogP contribution is -2.30. The molecular formula is C17H13Cl2N3O2S. The lowest BCUT2D eigenvalue weighted by Gasteiger charge is -2.13. The molecule has 1 N–H and O–H groups in total. The number of aromatic nitrogens is 2. The van der Waals surface area contributed by atoms with Crippen LogP contribution in [0.5, 0.6) is 5.75 Å². The van der Waals surface area contributed by atoms with Gasteiger partial charge in [0.25, 0.3) is 5.91 Å². The summed E-state index contributed by atoms with van der Waals surface area (Å²) in [4.78, 5) is 12.2. The Hall–Kier alpha value is -2.15. The molecule has 1 heterocycles. The summed E-state index contributed by atoms with van der Waals surface area (Å²) >= 11 is 13.0. The van der Waals surface area contributed by atoms with Crippen LogP contribution in [-0.4, -0.2) is 22.2 Å². The molecule has 0 spiro atoms. The van der Waals surface area contributed by atoms with Gasteiger partial charge in [-0.05, 0) is 37.3 Å². The predicted molar refractivity (Wildman–Crippen MR) is 101 cm³/mol. The van der Waals surface area contributed by atoms with Crippen molar-refractivity contribution in [3.05, 3.63) is 58.6 Å². The van der Waals surface area contributed by atoms with Gasteiger partial charge in [-0.3, -0.25) is 10.1 Å². The molecule has 0 fully saturated rings. The Labute approximate surface area is 158 Å². The lowest BCUT2D eigenvalue weighted by molar-refractivity contribution is -0.122. The Morgan fingerprint density at radius 3 is 2.60 bits per heavy atom. The molecule has 0 radical (unpaired) electrons. The van der Waals surface area contributed by atoms with Gasteiger partial charge in [0.15, 0.2) is 6.10 Å². The average Bonchev–Trinajstić information content (AvgIpc) is 3.04. The number of halogens is 2. The third kappa shape index (κ3) is 4.69. The SMILES string of the molecule is C[C@@H](Oc1cccc(Cl)c1)C(=O)Nc1nnc(-c2ccc(Cl)cc2)s1. The first kappa shape index (κ1) is 17.7. The molecule has 128 valence electrons. The molecule has 3 aromatic rings. The van der Waals surface area contributed by atoms with Crippen LogP contribution in [0, 0.1) is 0 Å². The van der Waals surface area contributed by atoms with Gasteiger partial charge in [-0.25, -0.2) is 0 Å². The molecule has 8 heteroatoms. The molecule has 0 aliphatic heterocycles. The van der Waals surface area contributed by atoms with E-state index in [0.29, 0.717) is 25.9 Å². The number of amides is 1. The number of rotatable bonds is 5. The van der Waals surface area contributed by atoms with E-state index in [2.05, 4.69) is 15.5 Å². The van der Waals surface area contributed by atoms with Crippen LogP contribution in [0.25, 0.3) is 10.6 Å². The van der Waals surface area contributed by atoms with Crippen molar-refractivity contribution in [2.45, 2.75) is 13.0 Å². The highest BCUT2D eigenvalue weighted by Crippen LogP contribution is 2.27. The largest absolute Gasteiger partial charge is 0.481 e. The summed E-state index contributed by atoms with van der Waals surface area (Å²) in [7, 11) is 0. The minimum Gasteiger partial charge on any atom is -0.481 e. The van der Waals surface area contributed by atoms with Crippen LogP contribution in [0.2, 0.25) is 10.0 Å². The molecule has 0 unspecified atom stereocenters. The van der Waals surface area contributed by atoms with E-state index in [1.54, 1.807) is 43.3 Å². The Kier molecular flexibility index (Phi) is 5.53. The van der Waals surface area contributed by atoms with Crippen molar-refractivity contribution in [3.8, 4) is 16.3 Å². The molecule has 0 aliphatic carbocycles. The van der Waals surface area contributed by atoms with Gasteiger partial charge in [-0.15, -0.1) is 10.2 Å². The molecule has 1 atom stereocenters. The predicted octanol–water partition coefficient (Wildman–Crippen LogP) is 4.92. The highest BCUT2D eigenvalue weighted by molar-refractivity contribution is 7.18. The molecule has 2 aromatic carbocycles. The molecule has 3 rings (SSSR count). The Balaban J connectivity index is 1.64. The van der Waals surface area contributed by atoms with E-state index < -0.39 is 6.10 Å². The van der Waals surface area contributed by atoms with Crippen molar-refractivity contribution in [2.24, 2.45) is 0 Å². The third-order valence-electron chi connectivity index (χ3n) is 3.22. The van der Waals surface area contributed by atoms with Crippen molar-refractivity contribution in [3.63, 3.8) is 0 Å². The first-order valence-corrected chi connectivity index (χ1v) is 8.91. The van der Waals surface area contributed by atoms with E-state index in [1.165, 1.54) is 11.3 Å². The normalized spacial score (nSPS) is 11.8. The van der Waals surface area contributed by atoms with Crippen LogP contribution >= 0.6 is 34.5 Å². The van der Waals surface area contributed by atoms with Gasteiger partial charge in [0, 0.05) is 15.6 Å². The average molecular weight is 394 g/mol. The zero-order valence-corrected chi connectivity index (χ0v) is 15.4. The van der Waals surface area contributed by atoms with Crippen LogP contribution in [0.3, 0.4) is 0 Å². The Morgan fingerprint density at radius 1 is 1.12 bits per heavy atom. The summed E-state index contributed by atoms with van der Waals surface area (Å²) in [5.74, 6) is 0.202. The third-order valence-corrected chi connectivity index (χ3v) is 4.60. The number of anilines is 1. The van der Waals surface area contributed by atoms with Gasteiger partial charge in [-0.1, -0.05) is 52.7 Å². The number of nitrogens with one attached hydrogen (secondary N) is 1. The van der Waals surface area contributed by atoms with Gasteiger partial charge < -0.3 is 4.74 Å². The standard InChI is InChI=1S/C17H13Cl2N3O2S/c1-10(24-14-4-2-3-13(19)9-14)15(23)20-17-22-21-16(25-17)11-5-7-12(18)8-6-11/h2-10H,1H3,(H,20,22,23)/t10-/m1/s1. The second-order valence-corrected chi connectivity index (χ2v) is 6.98. The lowest BCUT2D eigenvalue weighted by atomic mass is 10.2. The van der Waals surface area contributed by atoms with Gasteiger partial charge in [-0.2, -0.15) is 0 Å².